The van der Waals surface area contributed by atoms with Crippen LogP contribution in [0.3, 0.4) is 0 Å². The monoisotopic (exact) mass is 155 g/mol. The van der Waals surface area contributed by atoms with Crippen molar-refractivity contribution in [1.29, 1.82) is 0 Å². The first kappa shape index (κ1) is 7.13. The number of nitrogens with zero attached hydrogens (tertiary/aromatic N) is 1. The molecule has 3 nitrogen and oxygen atoms in total. The molecule has 0 radical (unpaired) electrons. The standard InChI is InChI=1S/C8H13NO2/c1-5(2)9-4-6(3)10-8-7(9)11-8/h5,7-8H,3-4H2,1-2H3. The molecule has 0 N–H and O–H groups in total. The number of ether oxygens (including phenoxy) is 2. The molecule has 0 aliphatic carbocycles. The van der Waals surface area contributed by atoms with E-state index in [2.05, 4.69) is 25.3 Å². The summed E-state index contributed by atoms with van der Waals surface area (Å²) >= 11 is 0. The minimum atomic E-state index is -0.0290. The molecule has 2 heterocycles. The van der Waals surface area contributed by atoms with Gasteiger partial charge in [0.25, 0.3) is 0 Å². The minimum Gasteiger partial charge on any atom is -0.464 e. The van der Waals surface area contributed by atoms with Crippen molar-refractivity contribution >= 4 is 0 Å². The van der Waals surface area contributed by atoms with Crippen molar-refractivity contribution in [2.75, 3.05) is 6.54 Å². The van der Waals surface area contributed by atoms with E-state index in [1.54, 1.807) is 0 Å². The van der Waals surface area contributed by atoms with E-state index in [1.165, 1.54) is 0 Å². The number of hydrogen-bond donors (Lipinski definition) is 0. The number of rotatable bonds is 1. The van der Waals surface area contributed by atoms with Crippen LogP contribution in [-0.4, -0.2) is 30.0 Å². The summed E-state index contributed by atoms with van der Waals surface area (Å²) in [4.78, 5) is 2.25. The van der Waals surface area contributed by atoms with E-state index < -0.39 is 0 Å². The molecule has 2 aliphatic rings. The molecule has 0 aromatic heterocycles. The SMILES string of the molecule is C=C1CN(C(C)C)C2OC2O1. The number of morpholine rings is 1. The van der Waals surface area contributed by atoms with Gasteiger partial charge in [0.05, 0.1) is 6.54 Å². The summed E-state index contributed by atoms with van der Waals surface area (Å²) in [6, 6.07) is 0.505. The first-order valence-corrected chi connectivity index (χ1v) is 3.94. The lowest BCUT2D eigenvalue weighted by molar-refractivity contribution is 0.0676. The zero-order valence-corrected chi connectivity index (χ0v) is 6.91. The van der Waals surface area contributed by atoms with Crippen LogP contribution >= 0.6 is 0 Å². The van der Waals surface area contributed by atoms with Gasteiger partial charge in [0.2, 0.25) is 6.29 Å². The molecule has 2 saturated heterocycles. The van der Waals surface area contributed by atoms with Crippen LogP contribution in [0.15, 0.2) is 12.3 Å². The van der Waals surface area contributed by atoms with Crippen LogP contribution in [0, 0.1) is 0 Å². The summed E-state index contributed by atoms with van der Waals surface area (Å²) in [6.45, 7) is 8.88. The molecule has 2 atom stereocenters. The normalized spacial score (nSPS) is 36.8. The Morgan fingerprint density at radius 2 is 2.36 bits per heavy atom. The lowest BCUT2D eigenvalue weighted by Crippen LogP contribution is -2.40. The predicted octanol–water partition coefficient (Wildman–Crippen LogP) is 0.923. The van der Waals surface area contributed by atoms with Crippen LogP contribution in [-0.2, 0) is 9.47 Å². The van der Waals surface area contributed by atoms with E-state index in [-0.39, 0.29) is 12.5 Å². The molecule has 0 spiro atoms. The quantitative estimate of drug-likeness (QED) is 0.526. The fourth-order valence-electron chi connectivity index (χ4n) is 1.38. The zero-order chi connectivity index (χ0) is 8.01. The highest BCUT2D eigenvalue weighted by Gasteiger charge is 2.50. The summed E-state index contributed by atoms with van der Waals surface area (Å²) in [5, 5.41) is 0. The minimum absolute atomic E-state index is 0.0290. The van der Waals surface area contributed by atoms with Crippen LogP contribution < -0.4 is 0 Å². The second-order valence-corrected chi connectivity index (χ2v) is 3.32. The Balaban J connectivity index is 2.04. The van der Waals surface area contributed by atoms with Gasteiger partial charge in [-0.25, -0.2) is 0 Å². The molecule has 3 heteroatoms. The van der Waals surface area contributed by atoms with Crippen LogP contribution in [0.25, 0.3) is 0 Å². The fraction of sp³-hybridized carbons (Fsp3) is 0.750. The predicted molar refractivity (Wildman–Crippen MR) is 40.7 cm³/mol. The van der Waals surface area contributed by atoms with Gasteiger partial charge in [-0.3, -0.25) is 4.90 Å². The highest BCUT2D eigenvalue weighted by Crippen LogP contribution is 2.34. The van der Waals surface area contributed by atoms with Crippen LogP contribution in [0.1, 0.15) is 13.8 Å². The first-order valence-electron chi connectivity index (χ1n) is 3.94. The third kappa shape index (κ3) is 1.14. The molecule has 2 fully saturated rings. The summed E-state index contributed by atoms with van der Waals surface area (Å²) in [5.74, 6) is 0.817. The Labute approximate surface area is 66.6 Å². The Kier molecular flexibility index (Phi) is 1.44. The third-order valence-corrected chi connectivity index (χ3v) is 2.06. The topological polar surface area (TPSA) is 25.0 Å². The number of epoxide rings is 1. The van der Waals surface area contributed by atoms with Crippen LogP contribution in [0.2, 0.25) is 0 Å². The highest BCUT2D eigenvalue weighted by atomic mass is 16.8. The van der Waals surface area contributed by atoms with E-state index in [1.807, 2.05) is 0 Å². The summed E-state index contributed by atoms with van der Waals surface area (Å²) in [7, 11) is 0. The summed E-state index contributed by atoms with van der Waals surface area (Å²) in [5.41, 5.74) is 0. The second kappa shape index (κ2) is 2.22. The molecule has 2 aliphatic heterocycles. The summed E-state index contributed by atoms with van der Waals surface area (Å²) < 4.78 is 10.5. The number of hydrogen-bond acceptors (Lipinski definition) is 3. The Morgan fingerprint density at radius 3 is 3.00 bits per heavy atom. The van der Waals surface area contributed by atoms with Gasteiger partial charge in [0.1, 0.15) is 5.76 Å². The van der Waals surface area contributed by atoms with Gasteiger partial charge >= 0.3 is 0 Å². The van der Waals surface area contributed by atoms with Gasteiger partial charge in [-0.15, -0.1) is 0 Å². The molecule has 0 saturated carbocycles. The molecule has 2 unspecified atom stereocenters. The van der Waals surface area contributed by atoms with Crippen molar-refractivity contribution in [3.63, 3.8) is 0 Å². The van der Waals surface area contributed by atoms with Crippen molar-refractivity contribution in [2.45, 2.75) is 32.4 Å². The largest absolute Gasteiger partial charge is 0.464 e. The van der Waals surface area contributed by atoms with E-state index in [0.717, 1.165) is 12.3 Å². The molecular weight excluding hydrogens is 142 g/mol. The molecule has 11 heavy (non-hydrogen) atoms. The van der Waals surface area contributed by atoms with Gasteiger partial charge in [-0.1, -0.05) is 6.58 Å². The van der Waals surface area contributed by atoms with Crippen molar-refractivity contribution in [2.24, 2.45) is 0 Å². The van der Waals surface area contributed by atoms with Gasteiger partial charge in [-0.05, 0) is 13.8 Å². The Hall–Kier alpha value is -0.540. The second-order valence-electron chi connectivity index (χ2n) is 3.32. The van der Waals surface area contributed by atoms with Crippen molar-refractivity contribution < 1.29 is 9.47 Å². The molecular formula is C8H13NO2. The zero-order valence-electron chi connectivity index (χ0n) is 6.91. The van der Waals surface area contributed by atoms with Crippen LogP contribution in [0.4, 0.5) is 0 Å². The van der Waals surface area contributed by atoms with Crippen molar-refractivity contribution in [3.8, 4) is 0 Å². The fourth-order valence-corrected chi connectivity index (χ4v) is 1.38. The number of fused-ring (bicyclic) bond motifs is 1. The molecule has 0 aromatic rings. The maximum absolute atomic E-state index is 5.28. The first-order chi connectivity index (χ1) is 5.18. The molecule has 0 amide bonds. The highest BCUT2D eigenvalue weighted by molar-refractivity contribution is 4.99. The maximum atomic E-state index is 5.28. The lowest BCUT2D eigenvalue weighted by atomic mass is 10.3. The molecule has 0 bridgehead atoms. The van der Waals surface area contributed by atoms with E-state index in [9.17, 15) is 0 Å². The van der Waals surface area contributed by atoms with Gasteiger partial charge in [0, 0.05) is 6.04 Å². The van der Waals surface area contributed by atoms with Crippen molar-refractivity contribution in [3.05, 3.63) is 12.3 Å². The molecule has 0 aromatic carbocycles. The Morgan fingerprint density at radius 1 is 1.64 bits per heavy atom. The van der Waals surface area contributed by atoms with E-state index >= 15 is 0 Å². The molecule has 62 valence electrons. The average Bonchev–Trinajstić information content (AvgIpc) is 2.63. The third-order valence-electron chi connectivity index (χ3n) is 2.06. The Bertz CT molecular complexity index is 191. The van der Waals surface area contributed by atoms with E-state index in [4.69, 9.17) is 9.47 Å². The lowest BCUT2D eigenvalue weighted by Gasteiger charge is -2.27. The van der Waals surface area contributed by atoms with Gasteiger partial charge in [-0.2, -0.15) is 0 Å². The summed E-state index contributed by atoms with van der Waals surface area (Å²) in [6.07, 6.45) is 0.166. The smallest absolute Gasteiger partial charge is 0.241 e. The van der Waals surface area contributed by atoms with Gasteiger partial charge in [0.15, 0.2) is 6.23 Å². The van der Waals surface area contributed by atoms with Gasteiger partial charge < -0.3 is 9.47 Å². The van der Waals surface area contributed by atoms with Crippen LogP contribution in [0.5, 0.6) is 0 Å². The van der Waals surface area contributed by atoms with E-state index in [0.29, 0.717) is 6.04 Å². The van der Waals surface area contributed by atoms with Crippen molar-refractivity contribution in [1.82, 2.24) is 4.90 Å². The maximum Gasteiger partial charge on any atom is 0.241 e. The molecule has 2 rings (SSSR count). The average molecular weight is 155 g/mol.